The van der Waals surface area contributed by atoms with E-state index in [0.29, 0.717) is 0 Å². The molecule has 0 atom stereocenters. The van der Waals surface area contributed by atoms with E-state index in [1.54, 1.807) is 0 Å². The Morgan fingerprint density at radius 2 is 0.613 bits per heavy atom. The summed E-state index contributed by atoms with van der Waals surface area (Å²) in [6.07, 6.45) is 0. The van der Waals surface area contributed by atoms with Gasteiger partial charge in [-0.3, -0.25) is 0 Å². The topological polar surface area (TPSA) is 38.2 Å². The van der Waals surface area contributed by atoms with E-state index in [2.05, 4.69) is 292 Å². The van der Waals surface area contributed by atoms with Crippen molar-refractivity contribution in [2.45, 2.75) is 38.9 Å². The molecule has 0 saturated carbocycles. The van der Waals surface area contributed by atoms with Gasteiger partial charge in [-0.2, -0.15) is 0 Å². The van der Waals surface area contributed by atoms with E-state index >= 15 is 0 Å². The van der Waals surface area contributed by atoms with Gasteiger partial charge in [-0.15, -0.1) is 0 Å². The molecule has 0 bridgehead atoms. The van der Waals surface area contributed by atoms with E-state index < -0.39 is 18.3 Å². The molecule has 1 aliphatic heterocycles. The van der Waals surface area contributed by atoms with Gasteiger partial charge in [0.1, 0.15) is 0 Å². The summed E-state index contributed by atoms with van der Waals surface area (Å²) in [7, 11) is -0.418. The second-order valence-corrected chi connectivity index (χ2v) is 21.4. The molecule has 1 aliphatic rings. The zero-order valence-corrected chi connectivity index (χ0v) is 47.2. The van der Waals surface area contributed by atoms with Crippen molar-refractivity contribution in [2.75, 3.05) is 0 Å². The molecule has 9 heteroatoms. The van der Waals surface area contributed by atoms with Crippen LogP contribution in [0.1, 0.15) is 29.1 Å². The van der Waals surface area contributed by atoms with E-state index in [1.165, 1.54) is 93.1 Å². The minimum atomic E-state index is -0.418. The maximum absolute atomic E-state index is 6.46. The molecule has 15 rings (SSSR count). The normalized spacial score (nSPS) is 14.2. The van der Waals surface area contributed by atoms with Crippen LogP contribution in [0, 0.1) is 0 Å². The van der Waals surface area contributed by atoms with Crippen LogP contribution in [0.25, 0.3) is 110 Å². The largest absolute Gasteiger partial charge is 1.00 e. The summed E-state index contributed by atoms with van der Waals surface area (Å²) >= 11 is 3.70. The zero-order valence-electron chi connectivity index (χ0n) is 43.5. The number of para-hydroxylation sites is 6. The summed E-state index contributed by atoms with van der Waals surface area (Å²) in [5.74, 6) is 0. The average Bonchev–Trinajstić information content (AvgIpc) is 4.39. The number of fused-ring (bicyclic) bond motifs is 12. The molecule has 4 aromatic heterocycles. The van der Waals surface area contributed by atoms with Gasteiger partial charge in [-0.05, 0) is 142 Å². The smallest absolute Gasteiger partial charge is 1.00 e. The van der Waals surface area contributed by atoms with Crippen LogP contribution in [0.3, 0.4) is 0 Å². The van der Waals surface area contributed by atoms with E-state index in [4.69, 9.17) is 9.31 Å². The van der Waals surface area contributed by atoms with Crippen molar-refractivity contribution in [1.29, 1.82) is 0 Å². The van der Waals surface area contributed by atoms with Crippen LogP contribution in [-0.4, -0.2) is 36.6 Å². The maximum Gasteiger partial charge on any atom is 1.00 e. The van der Waals surface area contributed by atoms with Gasteiger partial charge in [0, 0.05) is 70.3 Å². The van der Waals surface area contributed by atoms with Crippen molar-refractivity contribution in [3.63, 3.8) is 0 Å². The van der Waals surface area contributed by atoms with Gasteiger partial charge in [-0.1, -0.05) is 137 Å². The summed E-state index contributed by atoms with van der Waals surface area (Å²) in [5, 5.41) is 9.90. The quantitative estimate of drug-likeness (QED) is 0.161. The monoisotopic (exact) mass is 1060 g/mol. The van der Waals surface area contributed by atoms with Crippen LogP contribution >= 0.6 is 15.9 Å². The Kier molecular flexibility index (Phi) is 12.0. The molecule has 0 aliphatic carbocycles. The summed E-state index contributed by atoms with van der Waals surface area (Å²) in [6.45, 7) is 8.41. The van der Waals surface area contributed by atoms with Gasteiger partial charge in [0.2, 0.25) is 0 Å². The van der Waals surface area contributed by atoms with Gasteiger partial charge < -0.3 is 29.0 Å². The van der Waals surface area contributed by atoms with Crippen molar-refractivity contribution in [3.05, 3.63) is 235 Å². The second kappa shape index (κ2) is 18.7. The number of aromatic nitrogens is 4. The third-order valence-electron chi connectivity index (χ3n) is 15.7. The van der Waals surface area contributed by atoms with Gasteiger partial charge in [-0.25, -0.2) is 0 Å². The van der Waals surface area contributed by atoms with Crippen LogP contribution in [0.15, 0.2) is 235 Å². The Balaban J connectivity index is 0.000000152. The molecule has 358 valence electrons. The third-order valence-corrected chi connectivity index (χ3v) is 16.2. The fourth-order valence-corrected chi connectivity index (χ4v) is 11.9. The first kappa shape index (κ1) is 48.2. The molecule has 75 heavy (non-hydrogen) atoms. The first-order chi connectivity index (χ1) is 36.1. The second-order valence-electron chi connectivity index (χ2n) is 20.5. The number of hydrogen-bond acceptors (Lipinski definition) is 2. The predicted molar refractivity (Wildman–Crippen MR) is 315 cm³/mol. The SMILES string of the molecule is Brc1ccc2c(c1)c1cc3c(cc1n2-c1ccccc1)c1ccccc1n3-c1ccccc1.CC1(C)OB(c2ccc3c(c2)c2cc4c(cc2n3-c2ccccc2)c2ccccc2n4-c2ccccc2)OC1(C)C.[H-].[K+]. The fourth-order valence-electron chi connectivity index (χ4n) is 11.5. The number of benzene rings is 10. The molecule has 1 saturated heterocycles. The summed E-state index contributed by atoms with van der Waals surface area (Å²) in [4.78, 5) is 0. The molecule has 0 unspecified atom stereocenters. The van der Waals surface area contributed by atoms with E-state index in [1.807, 2.05) is 0 Å². The van der Waals surface area contributed by atoms with Crippen molar-refractivity contribution in [2.24, 2.45) is 0 Å². The molecule has 14 aromatic rings. The van der Waals surface area contributed by atoms with Crippen molar-refractivity contribution in [1.82, 2.24) is 18.3 Å². The molecule has 0 spiro atoms. The van der Waals surface area contributed by atoms with Crippen LogP contribution in [0.5, 0.6) is 0 Å². The molecule has 1 fully saturated rings. The number of hydrogen-bond donors (Lipinski definition) is 0. The summed E-state index contributed by atoms with van der Waals surface area (Å²) in [5.41, 5.74) is 14.5. The minimum absolute atomic E-state index is 0. The maximum atomic E-state index is 6.46. The standard InChI is InChI=1S/C36H31BN2O2.C30H19BrN2.K.H/c1-35(2)36(3,4)41-37(40-35)24-19-20-32-28(21-24)30-23-33-29(22-34(30)39(32)26-15-9-6-10-16-26)27-17-11-12-18-31(27)38(33)25-13-7-5-8-14-25;31-20-15-16-28-24(17-20)26-19-29-25(18-30(26)33(28)22-11-5-2-6-12-22)23-13-7-8-14-27(23)32(29)21-9-3-1-4-10-21;;/h5-23H,1-4H3;1-19H;;/q;;+1;-1. The van der Waals surface area contributed by atoms with Gasteiger partial charge in [0.15, 0.2) is 0 Å². The van der Waals surface area contributed by atoms with Crippen LogP contribution in [-0.2, 0) is 9.31 Å². The predicted octanol–water partition coefficient (Wildman–Crippen LogP) is 13.9. The van der Waals surface area contributed by atoms with Crippen molar-refractivity contribution < 1.29 is 62.1 Å². The van der Waals surface area contributed by atoms with Gasteiger partial charge in [0.05, 0.1) is 55.3 Å². The number of rotatable bonds is 5. The Bertz CT molecular complexity index is 4500. The summed E-state index contributed by atoms with van der Waals surface area (Å²) < 4.78 is 23.5. The van der Waals surface area contributed by atoms with Crippen molar-refractivity contribution in [3.8, 4) is 22.7 Å². The summed E-state index contributed by atoms with van der Waals surface area (Å²) in [6, 6.07) is 82.6. The zero-order chi connectivity index (χ0) is 49.9. The molecular weight excluding hydrogens is 1010 g/mol. The molecule has 0 N–H and O–H groups in total. The van der Waals surface area contributed by atoms with E-state index in [0.717, 1.165) is 26.8 Å². The first-order valence-corrected chi connectivity index (χ1v) is 26.2. The molecule has 5 heterocycles. The van der Waals surface area contributed by atoms with E-state index in [-0.39, 0.29) is 52.8 Å². The molecular formula is C66H51BBrKN4O2. The molecule has 10 aromatic carbocycles. The fraction of sp³-hybridized carbons (Fsp3) is 0.0909. The van der Waals surface area contributed by atoms with Gasteiger partial charge >= 0.3 is 58.5 Å². The molecule has 0 radical (unpaired) electrons. The van der Waals surface area contributed by atoms with Crippen LogP contribution in [0.4, 0.5) is 0 Å². The Morgan fingerprint density at radius 3 is 1.00 bits per heavy atom. The minimum Gasteiger partial charge on any atom is -1.00 e. The molecule has 6 nitrogen and oxygen atoms in total. The number of halogens is 1. The van der Waals surface area contributed by atoms with Crippen molar-refractivity contribution >= 4 is 116 Å². The van der Waals surface area contributed by atoms with Crippen LogP contribution < -0.4 is 56.8 Å². The Hall–Kier alpha value is -6.50. The first-order valence-electron chi connectivity index (χ1n) is 25.4. The van der Waals surface area contributed by atoms with Crippen LogP contribution in [0.2, 0.25) is 0 Å². The van der Waals surface area contributed by atoms with Gasteiger partial charge in [0.25, 0.3) is 0 Å². The Labute approximate surface area is 487 Å². The molecule has 0 amide bonds. The average molecular weight is 1060 g/mol. The van der Waals surface area contributed by atoms with E-state index in [9.17, 15) is 0 Å². The number of nitrogens with zero attached hydrogens (tertiary/aromatic N) is 4. The Morgan fingerprint density at radius 1 is 0.320 bits per heavy atom. The third kappa shape index (κ3) is 7.82.